The Kier molecular flexibility index (Phi) is 3.71. The van der Waals surface area contributed by atoms with Gasteiger partial charge in [-0.05, 0) is 24.1 Å². The summed E-state index contributed by atoms with van der Waals surface area (Å²) in [6.07, 6.45) is 5.44. The lowest BCUT2D eigenvalue weighted by Gasteiger charge is -2.27. The lowest BCUT2D eigenvalue weighted by Crippen LogP contribution is -2.28. The van der Waals surface area contributed by atoms with Crippen molar-refractivity contribution in [2.75, 3.05) is 18.0 Å². The van der Waals surface area contributed by atoms with Gasteiger partial charge in [-0.2, -0.15) is 0 Å². The summed E-state index contributed by atoms with van der Waals surface area (Å²) in [7, 11) is 0. The molecule has 98 valence electrons. The van der Waals surface area contributed by atoms with Crippen LogP contribution < -0.4 is 4.90 Å². The van der Waals surface area contributed by atoms with Crippen molar-refractivity contribution in [3.8, 4) is 0 Å². The van der Waals surface area contributed by atoms with Gasteiger partial charge in [0, 0.05) is 24.2 Å². The van der Waals surface area contributed by atoms with E-state index in [0.29, 0.717) is 0 Å². The topological polar surface area (TPSA) is 36.4 Å². The van der Waals surface area contributed by atoms with Crippen molar-refractivity contribution in [3.05, 3.63) is 35.5 Å². The van der Waals surface area contributed by atoms with Crippen molar-refractivity contribution in [1.82, 2.24) is 4.98 Å². The maximum Gasteiger partial charge on any atom is 0.129 e. The van der Waals surface area contributed by atoms with Crippen molar-refractivity contribution >= 4 is 5.82 Å². The fourth-order valence-corrected chi connectivity index (χ4v) is 2.06. The number of hydrogen-bond donors (Lipinski definition) is 1. The van der Waals surface area contributed by atoms with E-state index in [2.05, 4.69) is 37.8 Å². The number of anilines is 1. The van der Waals surface area contributed by atoms with Crippen LogP contribution in [0.5, 0.6) is 0 Å². The van der Waals surface area contributed by atoms with Crippen LogP contribution in [0.4, 0.5) is 5.82 Å². The van der Waals surface area contributed by atoms with Crippen LogP contribution in [-0.4, -0.2) is 23.2 Å². The molecule has 1 aromatic rings. The number of hydrogen-bond acceptors (Lipinski definition) is 3. The Morgan fingerprint density at radius 1 is 1.28 bits per heavy atom. The molecule has 0 aliphatic carbocycles. The van der Waals surface area contributed by atoms with Gasteiger partial charge in [0.05, 0.1) is 6.61 Å². The first-order valence-corrected chi connectivity index (χ1v) is 6.53. The van der Waals surface area contributed by atoms with Gasteiger partial charge in [0.2, 0.25) is 0 Å². The van der Waals surface area contributed by atoms with Crippen molar-refractivity contribution in [3.63, 3.8) is 0 Å². The van der Waals surface area contributed by atoms with E-state index < -0.39 is 0 Å². The molecule has 1 N–H and O–H groups in total. The average molecular weight is 246 g/mol. The molecule has 0 saturated heterocycles. The van der Waals surface area contributed by atoms with Gasteiger partial charge in [0.25, 0.3) is 0 Å². The first kappa shape index (κ1) is 13.1. The summed E-state index contributed by atoms with van der Waals surface area (Å²) in [5.41, 5.74) is 1.99. The third-order valence-corrected chi connectivity index (χ3v) is 3.20. The van der Waals surface area contributed by atoms with Gasteiger partial charge in [-0.15, -0.1) is 0 Å². The van der Waals surface area contributed by atoms with Gasteiger partial charge < -0.3 is 10.0 Å². The number of nitrogens with zero attached hydrogens (tertiary/aromatic N) is 2. The zero-order valence-electron chi connectivity index (χ0n) is 11.5. The van der Waals surface area contributed by atoms with Crippen molar-refractivity contribution < 1.29 is 5.11 Å². The quantitative estimate of drug-likeness (QED) is 0.815. The Bertz CT molecular complexity index is 446. The molecule has 0 spiro atoms. The average Bonchev–Trinajstić information content (AvgIpc) is 2.38. The number of rotatable bonds is 2. The summed E-state index contributed by atoms with van der Waals surface area (Å²) < 4.78 is 0. The van der Waals surface area contributed by atoms with Gasteiger partial charge in [-0.1, -0.05) is 32.9 Å². The third-order valence-electron chi connectivity index (χ3n) is 3.20. The third kappa shape index (κ3) is 2.91. The lowest BCUT2D eigenvalue weighted by atomic mass is 9.91. The predicted molar refractivity (Wildman–Crippen MR) is 74.8 cm³/mol. The molecule has 0 unspecified atom stereocenters. The first-order chi connectivity index (χ1) is 8.50. The normalized spacial score (nSPS) is 16.1. The maximum atomic E-state index is 9.39. The molecule has 0 amide bonds. The molecule has 1 aromatic heterocycles. The summed E-state index contributed by atoms with van der Waals surface area (Å²) in [6.45, 7) is 8.43. The molecule has 3 heteroatoms. The molecular formula is C15H22N2O. The Morgan fingerprint density at radius 2 is 2.06 bits per heavy atom. The minimum absolute atomic E-state index is 0.00551. The molecule has 0 radical (unpaired) electrons. The van der Waals surface area contributed by atoms with Crippen LogP contribution in [-0.2, 0) is 12.0 Å². The molecule has 2 heterocycles. The second-order valence-corrected chi connectivity index (χ2v) is 5.83. The summed E-state index contributed by atoms with van der Waals surface area (Å²) in [6, 6.07) is 4.00. The number of aromatic nitrogens is 1. The van der Waals surface area contributed by atoms with E-state index in [9.17, 15) is 5.11 Å². The second-order valence-electron chi connectivity index (χ2n) is 5.83. The van der Waals surface area contributed by atoms with E-state index >= 15 is 0 Å². The van der Waals surface area contributed by atoms with Gasteiger partial charge in [0.15, 0.2) is 0 Å². The largest absolute Gasteiger partial charge is 0.392 e. The van der Waals surface area contributed by atoms with E-state index in [1.807, 2.05) is 12.1 Å². The van der Waals surface area contributed by atoms with E-state index in [4.69, 9.17) is 4.98 Å². The SMILES string of the molecule is CC(C)(C)c1cc(CO)cc(N2CC=CCC2)n1. The van der Waals surface area contributed by atoms with Crippen molar-refractivity contribution in [2.24, 2.45) is 0 Å². The summed E-state index contributed by atoms with van der Waals surface area (Å²) >= 11 is 0. The Balaban J connectivity index is 2.37. The zero-order valence-corrected chi connectivity index (χ0v) is 11.5. The highest BCUT2D eigenvalue weighted by Gasteiger charge is 2.19. The lowest BCUT2D eigenvalue weighted by molar-refractivity contribution is 0.281. The first-order valence-electron chi connectivity index (χ1n) is 6.53. The summed E-state index contributed by atoms with van der Waals surface area (Å²) in [5.74, 6) is 0.982. The highest BCUT2D eigenvalue weighted by atomic mass is 16.3. The molecule has 0 saturated carbocycles. The Labute approximate surface area is 109 Å². The highest BCUT2D eigenvalue weighted by molar-refractivity contribution is 5.45. The van der Waals surface area contributed by atoms with E-state index in [-0.39, 0.29) is 12.0 Å². The minimum atomic E-state index is 0.00551. The zero-order chi connectivity index (χ0) is 13.2. The molecule has 1 aliphatic rings. The number of aliphatic hydroxyl groups is 1. The molecule has 0 bridgehead atoms. The fourth-order valence-electron chi connectivity index (χ4n) is 2.06. The molecular weight excluding hydrogens is 224 g/mol. The van der Waals surface area contributed by atoms with Crippen LogP contribution in [0.25, 0.3) is 0 Å². The van der Waals surface area contributed by atoms with E-state index in [0.717, 1.165) is 36.6 Å². The highest BCUT2D eigenvalue weighted by Crippen LogP contribution is 2.25. The number of aliphatic hydroxyl groups excluding tert-OH is 1. The van der Waals surface area contributed by atoms with Crippen molar-refractivity contribution in [2.45, 2.75) is 39.2 Å². The smallest absolute Gasteiger partial charge is 0.129 e. The van der Waals surface area contributed by atoms with Gasteiger partial charge in [-0.3, -0.25) is 0 Å². The molecule has 2 rings (SSSR count). The fraction of sp³-hybridized carbons (Fsp3) is 0.533. The van der Waals surface area contributed by atoms with Crippen molar-refractivity contribution in [1.29, 1.82) is 0 Å². The van der Waals surface area contributed by atoms with E-state index in [1.54, 1.807) is 0 Å². The molecule has 3 nitrogen and oxygen atoms in total. The predicted octanol–water partition coefficient (Wildman–Crippen LogP) is 2.64. The van der Waals surface area contributed by atoms with Crippen LogP contribution >= 0.6 is 0 Å². The van der Waals surface area contributed by atoms with Crippen LogP contribution in [0.2, 0.25) is 0 Å². The Morgan fingerprint density at radius 3 is 2.61 bits per heavy atom. The molecule has 1 aliphatic heterocycles. The van der Waals surface area contributed by atoms with E-state index in [1.165, 1.54) is 0 Å². The number of pyridine rings is 1. The molecule has 0 fully saturated rings. The summed E-state index contributed by atoms with van der Waals surface area (Å²) in [4.78, 5) is 7.02. The standard InChI is InChI=1S/C15H22N2O/c1-15(2,3)13-9-12(11-18)10-14(16-13)17-7-5-4-6-8-17/h4-5,9-10,18H,6-8,11H2,1-3H3. The van der Waals surface area contributed by atoms with Crippen LogP contribution in [0.15, 0.2) is 24.3 Å². The Hall–Kier alpha value is -1.35. The van der Waals surface area contributed by atoms with Gasteiger partial charge in [-0.25, -0.2) is 4.98 Å². The van der Waals surface area contributed by atoms with Crippen LogP contribution in [0.1, 0.15) is 38.4 Å². The monoisotopic (exact) mass is 246 g/mol. The molecule has 18 heavy (non-hydrogen) atoms. The molecule has 0 aromatic carbocycles. The van der Waals surface area contributed by atoms with Gasteiger partial charge >= 0.3 is 0 Å². The maximum absolute atomic E-state index is 9.39. The van der Waals surface area contributed by atoms with Crippen LogP contribution in [0.3, 0.4) is 0 Å². The van der Waals surface area contributed by atoms with Gasteiger partial charge in [0.1, 0.15) is 5.82 Å². The van der Waals surface area contributed by atoms with Crippen LogP contribution in [0, 0.1) is 0 Å². The minimum Gasteiger partial charge on any atom is -0.392 e. The molecule has 0 atom stereocenters. The summed E-state index contributed by atoms with van der Waals surface area (Å²) in [5, 5.41) is 9.39. The second kappa shape index (κ2) is 5.11.